The smallest absolute Gasteiger partial charge is 0.264 e. The van der Waals surface area contributed by atoms with Crippen molar-refractivity contribution in [2.75, 3.05) is 44.1 Å². The van der Waals surface area contributed by atoms with Gasteiger partial charge in [-0.15, -0.1) is 0 Å². The van der Waals surface area contributed by atoms with Crippen LogP contribution in [-0.4, -0.2) is 69.9 Å². The molecule has 0 atom stereocenters. The fourth-order valence-electron chi connectivity index (χ4n) is 4.17. The maximum absolute atomic E-state index is 14.1. The number of methoxy groups -OCH3 is 2. The molecule has 0 radical (unpaired) electrons. The van der Waals surface area contributed by atoms with Gasteiger partial charge in [-0.1, -0.05) is 23.2 Å². The molecule has 0 spiro atoms. The highest BCUT2D eigenvalue weighted by atomic mass is 35.5. The van der Waals surface area contributed by atoms with Gasteiger partial charge in [0, 0.05) is 45.1 Å². The summed E-state index contributed by atoms with van der Waals surface area (Å²) in [6.45, 7) is -0.312. The molecule has 1 heterocycles. The predicted octanol–water partition coefficient (Wildman–Crippen LogP) is 4.20. The molecule has 2 aromatic carbocycles. The summed E-state index contributed by atoms with van der Waals surface area (Å²) in [5, 5.41) is 4.98. The van der Waals surface area contributed by atoms with E-state index in [-0.39, 0.29) is 33.9 Å². The number of halogens is 2. The van der Waals surface area contributed by atoms with Crippen molar-refractivity contribution in [2.24, 2.45) is 7.05 Å². The van der Waals surface area contributed by atoms with Crippen LogP contribution in [0.25, 0.3) is 0 Å². The fraction of sp³-hybridized carbons (Fsp3) is 0.385. The maximum atomic E-state index is 14.1. The van der Waals surface area contributed by atoms with E-state index in [4.69, 9.17) is 32.7 Å². The highest BCUT2D eigenvalue weighted by Gasteiger charge is 2.37. The van der Waals surface area contributed by atoms with E-state index in [2.05, 4.69) is 5.10 Å². The van der Waals surface area contributed by atoms with Crippen molar-refractivity contribution in [3.05, 3.63) is 58.3 Å². The summed E-state index contributed by atoms with van der Waals surface area (Å²) in [6, 6.07) is 9.28. The van der Waals surface area contributed by atoms with Gasteiger partial charge in [-0.2, -0.15) is 5.10 Å². The summed E-state index contributed by atoms with van der Waals surface area (Å²) in [7, 11) is 4.00. The van der Waals surface area contributed by atoms with Gasteiger partial charge < -0.3 is 19.3 Å². The van der Waals surface area contributed by atoms with E-state index in [1.165, 1.54) is 32.4 Å². The molecule has 0 N–H and O–H groups in total. The molecule has 0 saturated heterocycles. The zero-order valence-corrected chi connectivity index (χ0v) is 24.7. The summed E-state index contributed by atoms with van der Waals surface area (Å²) in [4.78, 5) is 17.2. The normalized spacial score (nSPS) is 13.2. The van der Waals surface area contributed by atoms with Crippen molar-refractivity contribution >= 4 is 50.5 Å². The van der Waals surface area contributed by atoms with Gasteiger partial charge in [0.15, 0.2) is 11.5 Å². The number of hydrogen-bond donors (Lipinski definition) is 0. The molecule has 4 rings (SSSR count). The van der Waals surface area contributed by atoms with Gasteiger partial charge in [0.05, 0.1) is 41.4 Å². The molecule has 1 fully saturated rings. The largest absolute Gasteiger partial charge is 0.493 e. The molecule has 39 heavy (non-hydrogen) atoms. The van der Waals surface area contributed by atoms with Crippen LogP contribution in [0.1, 0.15) is 18.5 Å². The molecule has 210 valence electrons. The average Bonchev–Trinajstić information content (AvgIpc) is 3.69. The first-order chi connectivity index (χ1) is 18.5. The quantitative estimate of drug-likeness (QED) is 0.328. The standard InChI is InChI=1S/C26H31Cl2N5O5S/c1-30(2)18-8-10-20(27)23(12-18)33(39(35,36)19-9-11-24(37-4)25(13-19)38-5)16-26(34)32(17-6-7-17)15-22-21(28)14-31(3)29-22/h8-14,17H,6-7,15-16H2,1-5H3. The molecule has 1 aliphatic carbocycles. The number of amides is 1. The minimum atomic E-state index is -4.29. The Morgan fingerprint density at radius 3 is 2.31 bits per heavy atom. The van der Waals surface area contributed by atoms with Crippen LogP contribution < -0.4 is 18.7 Å². The van der Waals surface area contributed by atoms with Crippen LogP contribution in [0.4, 0.5) is 11.4 Å². The third-order valence-electron chi connectivity index (χ3n) is 6.42. The van der Waals surface area contributed by atoms with Crippen molar-refractivity contribution in [1.82, 2.24) is 14.7 Å². The van der Waals surface area contributed by atoms with Gasteiger partial charge in [-0.3, -0.25) is 13.8 Å². The van der Waals surface area contributed by atoms with Crippen molar-refractivity contribution in [3.8, 4) is 11.5 Å². The van der Waals surface area contributed by atoms with Crippen LogP contribution >= 0.6 is 23.2 Å². The van der Waals surface area contributed by atoms with Crippen molar-refractivity contribution in [2.45, 2.75) is 30.3 Å². The van der Waals surface area contributed by atoms with Gasteiger partial charge in [0.25, 0.3) is 10.0 Å². The second-order valence-electron chi connectivity index (χ2n) is 9.41. The number of anilines is 2. The number of hydrogen-bond acceptors (Lipinski definition) is 7. The molecule has 1 aromatic heterocycles. The van der Waals surface area contributed by atoms with Gasteiger partial charge in [-0.05, 0) is 43.2 Å². The van der Waals surface area contributed by atoms with Crippen molar-refractivity contribution in [1.29, 1.82) is 0 Å². The summed E-state index contributed by atoms with van der Waals surface area (Å²) < 4.78 is 41.5. The van der Waals surface area contributed by atoms with E-state index in [1.54, 1.807) is 41.0 Å². The van der Waals surface area contributed by atoms with E-state index in [0.717, 1.165) is 17.1 Å². The number of benzene rings is 2. The van der Waals surface area contributed by atoms with Gasteiger partial charge in [0.1, 0.15) is 12.2 Å². The molecular formula is C26H31Cl2N5O5S. The minimum Gasteiger partial charge on any atom is -0.493 e. The summed E-state index contributed by atoms with van der Waals surface area (Å²) >= 11 is 12.9. The highest BCUT2D eigenvalue weighted by molar-refractivity contribution is 7.92. The Morgan fingerprint density at radius 1 is 1.05 bits per heavy atom. The fourth-order valence-corrected chi connectivity index (χ4v) is 6.12. The van der Waals surface area contributed by atoms with E-state index in [0.29, 0.717) is 22.2 Å². The monoisotopic (exact) mass is 595 g/mol. The first kappa shape index (κ1) is 28.8. The second-order valence-corrected chi connectivity index (χ2v) is 12.1. The van der Waals surface area contributed by atoms with E-state index in [9.17, 15) is 13.2 Å². The SMILES string of the molecule is COc1ccc(S(=O)(=O)N(CC(=O)N(Cc2nn(C)cc2Cl)C2CC2)c2cc(N(C)C)ccc2Cl)cc1OC. The van der Waals surface area contributed by atoms with Crippen LogP contribution in [0.3, 0.4) is 0 Å². The summed E-state index contributed by atoms with van der Waals surface area (Å²) in [5.74, 6) is 0.218. The van der Waals surface area contributed by atoms with Crippen molar-refractivity contribution < 1.29 is 22.7 Å². The molecule has 1 aliphatic rings. The Balaban J connectivity index is 1.78. The minimum absolute atomic E-state index is 0.0233. The second kappa shape index (κ2) is 11.5. The summed E-state index contributed by atoms with van der Waals surface area (Å²) in [6.07, 6.45) is 3.29. The number of ether oxygens (including phenoxy) is 2. The zero-order valence-electron chi connectivity index (χ0n) is 22.4. The zero-order chi connectivity index (χ0) is 28.5. The molecule has 0 aliphatic heterocycles. The van der Waals surface area contributed by atoms with Crippen LogP contribution in [0, 0.1) is 0 Å². The lowest BCUT2D eigenvalue weighted by Gasteiger charge is -2.29. The van der Waals surface area contributed by atoms with Crippen LogP contribution in [0.2, 0.25) is 10.0 Å². The topological polar surface area (TPSA) is 97.2 Å². The van der Waals surface area contributed by atoms with Crippen LogP contribution in [-0.2, 0) is 28.4 Å². The Labute approximate surface area is 238 Å². The first-order valence-electron chi connectivity index (χ1n) is 12.2. The molecule has 0 unspecified atom stereocenters. The van der Waals surface area contributed by atoms with Gasteiger partial charge >= 0.3 is 0 Å². The number of sulfonamides is 1. The van der Waals surface area contributed by atoms with Gasteiger partial charge in [-0.25, -0.2) is 8.42 Å². The first-order valence-corrected chi connectivity index (χ1v) is 14.3. The van der Waals surface area contributed by atoms with Crippen molar-refractivity contribution in [3.63, 3.8) is 0 Å². The lowest BCUT2D eigenvalue weighted by molar-refractivity contribution is -0.130. The number of nitrogens with zero attached hydrogens (tertiary/aromatic N) is 5. The third kappa shape index (κ3) is 6.21. The number of carbonyl (C=O) groups is 1. The number of rotatable bonds is 11. The number of aryl methyl sites for hydroxylation is 1. The van der Waals surface area contributed by atoms with E-state index >= 15 is 0 Å². The Bertz CT molecular complexity index is 1470. The van der Waals surface area contributed by atoms with Crippen LogP contribution in [0.15, 0.2) is 47.5 Å². The molecular weight excluding hydrogens is 565 g/mol. The Morgan fingerprint density at radius 2 is 1.74 bits per heavy atom. The molecule has 0 bridgehead atoms. The molecule has 1 amide bonds. The Hall–Kier alpha value is -3.15. The van der Waals surface area contributed by atoms with E-state index in [1.807, 2.05) is 19.0 Å². The van der Waals surface area contributed by atoms with Crippen LogP contribution in [0.5, 0.6) is 11.5 Å². The number of aromatic nitrogens is 2. The Kier molecular flexibility index (Phi) is 8.53. The third-order valence-corrected chi connectivity index (χ3v) is 8.81. The molecule has 10 nitrogen and oxygen atoms in total. The molecule has 1 saturated carbocycles. The average molecular weight is 597 g/mol. The number of carbonyl (C=O) groups excluding carboxylic acids is 1. The molecule has 13 heteroatoms. The molecule has 3 aromatic rings. The van der Waals surface area contributed by atoms with E-state index < -0.39 is 22.5 Å². The highest BCUT2D eigenvalue weighted by Crippen LogP contribution is 2.37. The lowest BCUT2D eigenvalue weighted by atomic mass is 10.2. The lowest BCUT2D eigenvalue weighted by Crippen LogP contribution is -2.44. The maximum Gasteiger partial charge on any atom is 0.264 e. The predicted molar refractivity (Wildman–Crippen MR) is 152 cm³/mol. The van der Waals surface area contributed by atoms with Gasteiger partial charge in [0.2, 0.25) is 5.91 Å². The summed E-state index contributed by atoms with van der Waals surface area (Å²) in [5.41, 5.74) is 1.44.